The number of anilines is 1. The number of benzene rings is 1. The maximum atomic E-state index is 13.7. The van der Waals surface area contributed by atoms with Crippen molar-refractivity contribution in [3.8, 4) is 11.5 Å². The van der Waals surface area contributed by atoms with Crippen molar-refractivity contribution in [2.75, 3.05) is 25.5 Å². The van der Waals surface area contributed by atoms with Gasteiger partial charge in [0.25, 0.3) is 5.91 Å². The number of hydrogen-bond acceptors (Lipinski definition) is 7. The SMILES string of the molecule is CN1CC[C@@H](Nc2cccc3c2cc(-c2noc(CNC(=O)c4ccn(C(C)(C)C)c4)n2)n3CC(F)(F)F)[C@@H](S)C1. The highest BCUT2D eigenvalue weighted by atomic mass is 32.1. The highest BCUT2D eigenvalue weighted by Gasteiger charge is 2.32. The van der Waals surface area contributed by atoms with E-state index in [1.165, 1.54) is 0 Å². The standard InChI is InChI=1S/C28H34F3N7O2S/c1-27(2,3)37-11-8-17(14-37)26(39)32-13-24-34-25(35-40-24)22-12-18-19(33-20-9-10-36(4)15-23(20)41)6-5-7-21(18)38(22)16-28(29,30)31/h5-8,11-12,14,20,23,33,41H,9-10,13,15-16H2,1-4H3,(H,32,39)/t20-,23+/m1/s1. The van der Waals surface area contributed by atoms with E-state index in [9.17, 15) is 18.0 Å². The number of aromatic nitrogens is 4. The Hall–Kier alpha value is -3.45. The summed E-state index contributed by atoms with van der Waals surface area (Å²) < 4.78 is 49.5. The summed E-state index contributed by atoms with van der Waals surface area (Å²) in [7, 11) is 2.04. The summed E-state index contributed by atoms with van der Waals surface area (Å²) in [6.45, 7) is 6.49. The molecule has 1 fully saturated rings. The second-order valence-electron chi connectivity index (χ2n) is 11.5. The number of thiol groups is 1. The molecule has 1 saturated heterocycles. The van der Waals surface area contributed by atoms with E-state index in [0.717, 1.165) is 29.8 Å². The van der Waals surface area contributed by atoms with Gasteiger partial charge in [-0.05, 0) is 65.0 Å². The zero-order chi connectivity index (χ0) is 29.5. The third-order valence-electron chi connectivity index (χ3n) is 7.24. The first kappa shape index (κ1) is 29.1. The molecular formula is C28H34F3N7O2S. The van der Waals surface area contributed by atoms with Gasteiger partial charge < -0.3 is 29.2 Å². The second-order valence-corrected chi connectivity index (χ2v) is 12.2. The summed E-state index contributed by atoms with van der Waals surface area (Å²) in [5, 5.41) is 10.9. The van der Waals surface area contributed by atoms with Crippen LogP contribution in [0.2, 0.25) is 0 Å². The molecule has 0 unspecified atom stereocenters. The lowest BCUT2D eigenvalue weighted by molar-refractivity contribution is -0.139. The number of piperidine rings is 1. The molecule has 2 atom stereocenters. The number of nitrogens with zero attached hydrogens (tertiary/aromatic N) is 5. The maximum absolute atomic E-state index is 13.7. The molecule has 0 spiro atoms. The minimum absolute atomic E-state index is 0.00546. The van der Waals surface area contributed by atoms with Crippen LogP contribution < -0.4 is 10.6 Å². The molecule has 1 aromatic carbocycles. The van der Waals surface area contributed by atoms with Gasteiger partial charge in [-0.15, -0.1) is 0 Å². The van der Waals surface area contributed by atoms with Crippen molar-refractivity contribution in [1.82, 2.24) is 29.5 Å². The monoisotopic (exact) mass is 589 g/mol. The molecule has 13 heteroatoms. The van der Waals surface area contributed by atoms with Gasteiger partial charge in [-0.25, -0.2) is 0 Å². The number of rotatable bonds is 7. The van der Waals surface area contributed by atoms with E-state index in [1.54, 1.807) is 30.5 Å². The number of carbonyl (C=O) groups is 1. The third kappa shape index (κ3) is 6.56. The molecule has 0 saturated carbocycles. The molecule has 220 valence electrons. The van der Waals surface area contributed by atoms with Crippen molar-refractivity contribution in [2.24, 2.45) is 0 Å². The number of carbonyl (C=O) groups excluding carboxylic acids is 1. The van der Waals surface area contributed by atoms with E-state index in [-0.39, 0.29) is 46.7 Å². The Morgan fingerprint density at radius 1 is 1.22 bits per heavy atom. The number of likely N-dealkylation sites (tertiary alicyclic amines) is 1. The first-order valence-corrected chi connectivity index (χ1v) is 13.9. The van der Waals surface area contributed by atoms with Crippen LogP contribution in [0.25, 0.3) is 22.4 Å². The number of hydrogen-bond donors (Lipinski definition) is 3. The van der Waals surface area contributed by atoms with Crippen LogP contribution in [-0.4, -0.2) is 67.7 Å². The summed E-state index contributed by atoms with van der Waals surface area (Å²) in [6.07, 6.45) is -0.0427. The van der Waals surface area contributed by atoms with Gasteiger partial charge in [-0.3, -0.25) is 4.79 Å². The highest BCUT2D eigenvalue weighted by Crippen LogP contribution is 2.35. The number of amides is 1. The van der Waals surface area contributed by atoms with Crippen LogP contribution in [0.4, 0.5) is 18.9 Å². The van der Waals surface area contributed by atoms with Crippen molar-refractivity contribution in [3.63, 3.8) is 0 Å². The van der Waals surface area contributed by atoms with Crippen LogP contribution in [0.3, 0.4) is 0 Å². The van der Waals surface area contributed by atoms with Gasteiger partial charge >= 0.3 is 6.18 Å². The van der Waals surface area contributed by atoms with Crippen molar-refractivity contribution in [2.45, 2.75) is 63.3 Å². The minimum Gasteiger partial charge on any atom is -0.381 e. The van der Waals surface area contributed by atoms with Crippen LogP contribution in [0.15, 0.2) is 47.2 Å². The van der Waals surface area contributed by atoms with Gasteiger partial charge in [-0.1, -0.05) is 11.2 Å². The maximum Gasteiger partial charge on any atom is 0.406 e. The first-order chi connectivity index (χ1) is 19.3. The molecule has 0 aliphatic carbocycles. The Kier molecular flexibility index (Phi) is 7.86. The molecule has 5 rings (SSSR count). The largest absolute Gasteiger partial charge is 0.406 e. The minimum atomic E-state index is -4.47. The van der Waals surface area contributed by atoms with Gasteiger partial charge in [0.1, 0.15) is 6.54 Å². The predicted molar refractivity (Wildman–Crippen MR) is 154 cm³/mol. The van der Waals surface area contributed by atoms with E-state index in [2.05, 4.69) is 25.7 Å². The molecule has 1 aliphatic heterocycles. The number of nitrogens with one attached hydrogen (secondary N) is 2. The molecular weight excluding hydrogens is 555 g/mol. The van der Waals surface area contributed by atoms with E-state index in [0.29, 0.717) is 16.5 Å². The summed E-state index contributed by atoms with van der Waals surface area (Å²) in [5.41, 5.74) is 1.58. The van der Waals surface area contributed by atoms with E-state index in [4.69, 9.17) is 17.2 Å². The van der Waals surface area contributed by atoms with Crippen molar-refractivity contribution in [3.05, 3.63) is 54.2 Å². The Morgan fingerprint density at radius 2 is 2.00 bits per heavy atom. The van der Waals surface area contributed by atoms with Gasteiger partial charge in [0.2, 0.25) is 11.7 Å². The smallest absolute Gasteiger partial charge is 0.381 e. The number of halogens is 3. The Bertz CT molecular complexity index is 1540. The average molecular weight is 590 g/mol. The fourth-order valence-corrected chi connectivity index (χ4v) is 5.54. The van der Waals surface area contributed by atoms with Crippen LogP contribution in [-0.2, 0) is 18.6 Å². The first-order valence-electron chi connectivity index (χ1n) is 13.4. The molecule has 1 amide bonds. The van der Waals surface area contributed by atoms with E-state index >= 15 is 0 Å². The normalized spacial score (nSPS) is 18.6. The Morgan fingerprint density at radius 3 is 2.68 bits per heavy atom. The molecule has 0 radical (unpaired) electrons. The van der Waals surface area contributed by atoms with Gasteiger partial charge in [0, 0.05) is 46.8 Å². The van der Waals surface area contributed by atoms with Crippen molar-refractivity contribution in [1.29, 1.82) is 0 Å². The number of fused-ring (bicyclic) bond motifs is 1. The molecule has 2 N–H and O–H groups in total. The quantitative estimate of drug-likeness (QED) is 0.258. The highest BCUT2D eigenvalue weighted by molar-refractivity contribution is 7.81. The number of alkyl halides is 3. The van der Waals surface area contributed by atoms with Crippen LogP contribution in [0, 0.1) is 0 Å². The van der Waals surface area contributed by atoms with E-state index < -0.39 is 12.7 Å². The van der Waals surface area contributed by atoms with Crippen LogP contribution in [0.5, 0.6) is 0 Å². The Balaban J connectivity index is 1.40. The summed E-state index contributed by atoms with van der Waals surface area (Å²) in [6, 6.07) is 8.65. The van der Waals surface area contributed by atoms with E-state index in [1.807, 2.05) is 44.6 Å². The lowest BCUT2D eigenvalue weighted by Gasteiger charge is -2.35. The molecule has 1 aliphatic rings. The summed E-state index contributed by atoms with van der Waals surface area (Å²) >= 11 is 4.73. The molecule has 9 nitrogen and oxygen atoms in total. The third-order valence-corrected chi connectivity index (χ3v) is 7.76. The van der Waals surface area contributed by atoms with Crippen molar-refractivity contribution >= 4 is 35.1 Å². The molecule has 3 aromatic heterocycles. The second kappa shape index (κ2) is 11.1. The van der Waals surface area contributed by atoms with Crippen molar-refractivity contribution < 1.29 is 22.5 Å². The topological polar surface area (TPSA) is 93.2 Å². The fourth-order valence-electron chi connectivity index (χ4n) is 5.04. The zero-order valence-corrected chi connectivity index (χ0v) is 24.3. The predicted octanol–water partition coefficient (Wildman–Crippen LogP) is 5.15. The molecule has 41 heavy (non-hydrogen) atoms. The fraction of sp³-hybridized carbons (Fsp3) is 0.464. The molecule has 4 aromatic rings. The molecule has 0 bridgehead atoms. The van der Waals surface area contributed by atoms with Gasteiger partial charge in [0.15, 0.2) is 0 Å². The summed E-state index contributed by atoms with van der Waals surface area (Å²) in [4.78, 5) is 19.2. The van der Waals surface area contributed by atoms with Gasteiger partial charge in [-0.2, -0.15) is 30.8 Å². The summed E-state index contributed by atoms with van der Waals surface area (Å²) in [5.74, 6) is -0.244. The van der Waals surface area contributed by atoms with Crippen LogP contribution in [0.1, 0.15) is 43.4 Å². The molecule has 4 heterocycles. The van der Waals surface area contributed by atoms with Gasteiger partial charge in [0.05, 0.1) is 23.3 Å². The van der Waals surface area contributed by atoms with Crippen LogP contribution >= 0.6 is 12.6 Å². The zero-order valence-electron chi connectivity index (χ0n) is 23.4. The Labute approximate surface area is 241 Å². The lowest BCUT2D eigenvalue weighted by Crippen LogP contribution is -2.45. The average Bonchev–Trinajstić information content (AvgIpc) is 3.63. The lowest BCUT2D eigenvalue weighted by atomic mass is 10.0.